The predicted molar refractivity (Wildman–Crippen MR) is 61.8 cm³/mol. The number of hydrogen-bond acceptors (Lipinski definition) is 3. The molecule has 0 aromatic heterocycles. The van der Waals surface area contributed by atoms with Crippen LogP contribution in [-0.4, -0.2) is 36.3 Å². The van der Waals surface area contributed by atoms with Crippen LogP contribution in [0.2, 0.25) is 0 Å². The second kappa shape index (κ2) is 6.83. The molecule has 1 saturated heterocycles. The Morgan fingerprint density at radius 2 is 2.12 bits per heavy atom. The van der Waals surface area contributed by atoms with Gasteiger partial charge in [-0.15, -0.1) is 0 Å². The lowest BCUT2D eigenvalue weighted by Crippen LogP contribution is -2.38. The van der Waals surface area contributed by atoms with Crippen LogP contribution in [0.4, 0.5) is 0 Å². The summed E-state index contributed by atoms with van der Waals surface area (Å²) in [6.45, 7) is 4.29. The standard InChI is InChI=1S/C11H18N4O/c1-2-13-11(16)8-10(14-9-12)15-6-4-3-5-7-15/h2-8H2,1H3,(H,13,16). The van der Waals surface area contributed by atoms with Crippen LogP contribution in [0, 0.1) is 11.5 Å². The highest BCUT2D eigenvalue weighted by Gasteiger charge is 2.17. The van der Waals surface area contributed by atoms with Crippen molar-refractivity contribution in [3.05, 3.63) is 0 Å². The number of likely N-dealkylation sites (tertiary alicyclic amines) is 1. The predicted octanol–water partition coefficient (Wildman–Crippen LogP) is 0.878. The largest absolute Gasteiger partial charge is 0.359 e. The van der Waals surface area contributed by atoms with E-state index in [1.54, 1.807) is 6.19 Å². The van der Waals surface area contributed by atoms with Crippen molar-refractivity contribution >= 4 is 11.7 Å². The van der Waals surface area contributed by atoms with Crippen LogP contribution >= 0.6 is 0 Å². The maximum atomic E-state index is 11.4. The summed E-state index contributed by atoms with van der Waals surface area (Å²) in [5, 5.41) is 11.3. The molecule has 16 heavy (non-hydrogen) atoms. The fourth-order valence-electron chi connectivity index (χ4n) is 1.84. The van der Waals surface area contributed by atoms with E-state index in [9.17, 15) is 4.79 Å². The third kappa shape index (κ3) is 3.89. The Labute approximate surface area is 96.1 Å². The summed E-state index contributed by atoms with van der Waals surface area (Å²) in [6.07, 6.45) is 5.43. The first-order valence-electron chi connectivity index (χ1n) is 5.75. The SMILES string of the molecule is CCNC(=O)CC(=NC#N)N1CCCCC1. The van der Waals surface area contributed by atoms with Crippen LogP contribution < -0.4 is 5.32 Å². The summed E-state index contributed by atoms with van der Waals surface area (Å²) in [4.78, 5) is 17.2. The maximum Gasteiger partial charge on any atom is 0.227 e. The highest BCUT2D eigenvalue weighted by atomic mass is 16.1. The van der Waals surface area contributed by atoms with Crippen LogP contribution in [0.5, 0.6) is 0 Å². The van der Waals surface area contributed by atoms with Gasteiger partial charge in [0, 0.05) is 19.6 Å². The van der Waals surface area contributed by atoms with Crippen molar-refractivity contribution in [2.45, 2.75) is 32.6 Å². The minimum absolute atomic E-state index is 0.0675. The molecule has 0 aromatic rings. The van der Waals surface area contributed by atoms with Gasteiger partial charge in [0.15, 0.2) is 0 Å². The second-order valence-electron chi connectivity index (χ2n) is 3.81. The molecule has 1 rings (SSSR count). The van der Waals surface area contributed by atoms with Crippen LogP contribution in [0.15, 0.2) is 4.99 Å². The number of amidine groups is 1. The summed E-state index contributed by atoms with van der Waals surface area (Å²) in [5.74, 6) is 0.537. The van der Waals surface area contributed by atoms with E-state index in [1.807, 2.05) is 11.8 Å². The summed E-state index contributed by atoms with van der Waals surface area (Å²) >= 11 is 0. The molecule has 0 radical (unpaired) electrons. The highest BCUT2D eigenvalue weighted by Crippen LogP contribution is 2.10. The number of nitrogens with zero attached hydrogens (tertiary/aromatic N) is 3. The smallest absolute Gasteiger partial charge is 0.227 e. The van der Waals surface area contributed by atoms with Crippen LogP contribution in [0.25, 0.3) is 0 Å². The van der Waals surface area contributed by atoms with E-state index in [0.717, 1.165) is 25.9 Å². The van der Waals surface area contributed by atoms with Gasteiger partial charge >= 0.3 is 0 Å². The molecule has 0 aliphatic carbocycles. The van der Waals surface area contributed by atoms with Gasteiger partial charge in [0.1, 0.15) is 5.84 Å². The Morgan fingerprint density at radius 1 is 1.44 bits per heavy atom. The minimum Gasteiger partial charge on any atom is -0.359 e. The number of carbonyl (C=O) groups is 1. The van der Waals surface area contributed by atoms with E-state index in [-0.39, 0.29) is 12.3 Å². The van der Waals surface area contributed by atoms with Gasteiger partial charge in [-0.05, 0) is 26.2 Å². The normalized spacial score (nSPS) is 16.8. The van der Waals surface area contributed by atoms with Gasteiger partial charge in [-0.2, -0.15) is 10.3 Å². The van der Waals surface area contributed by atoms with Gasteiger partial charge in [0.05, 0.1) is 6.42 Å². The molecule has 1 heterocycles. The summed E-state index contributed by atoms with van der Waals surface area (Å²) < 4.78 is 0. The molecular formula is C11H18N4O. The van der Waals surface area contributed by atoms with Crippen molar-refractivity contribution in [2.75, 3.05) is 19.6 Å². The first-order valence-corrected chi connectivity index (χ1v) is 5.75. The van der Waals surface area contributed by atoms with Crippen molar-refractivity contribution in [2.24, 2.45) is 4.99 Å². The molecule has 0 spiro atoms. The molecule has 0 atom stereocenters. The molecule has 1 amide bonds. The molecule has 0 unspecified atom stereocenters. The topological polar surface area (TPSA) is 68.5 Å². The first-order chi connectivity index (χ1) is 7.77. The molecule has 0 aromatic carbocycles. The molecule has 1 N–H and O–H groups in total. The zero-order valence-electron chi connectivity index (χ0n) is 9.70. The van der Waals surface area contributed by atoms with E-state index in [2.05, 4.69) is 10.3 Å². The van der Waals surface area contributed by atoms with Crippen molar-refractivity contribution in [1.29, 1.82) is 5.26 Å². The van der Waals surface area contributed by atoms with Crippen molar-refractivity contribution in [1.82, 2.24) is 10.2 Å². The summed E-state index contributed by atoms with van der Waals surface area (Å²) in [7, 11) is 0. The Balaban J connectivity index is 2.57. The number of carbonyl (C=O) groups excluding carboxylic acids is 1. The molecule has 1 aliphatic rings. The number of nitrogens with one attached hydrogen (secondary N) is 1. The van der Waals surface area contributed by atoms with Crippen molar-refractivity contribution in [3.8, 4) is 6.19 Å². The Morgan fingerprint density at radius 3 is 2.69 bits per heavy atom. The fraction of sp³-hybridized carbons (Fsp3) is 0.727. The van der Waals surface area contributed by atoms with E-state index in [0.29, 0.717) is 12.4 Å². The van der Waals surface area contributed by atoms with Crippen LogP contribution in [0.1, 0.15) is 32.6 Å². The minimum atomic E-state index is -0.0675. The number of piperidine rings is 1. The molecule has 1 fully saturated rings. The van der Waals surface area contributed by atoms with Crippen LogP contribution in [0.3, 0.4) is 0 Å². The maximum absolute atomic E-state index is 11.4. The van der Waals surface area contributed by atoms with Gasteiger partial charge in [-0.3, -0.25) is 4.79 Å². The molecule has 5 heteroatoms. The van der Waals surface area contributed by atoms with E-state index < -0.39 is 0 Å². The first kappa shape index (κ1) is 12.5. The number of rotatable bonds is 3. The molecule has 5 nitrogen and oxygen atoms in total. The quantitative estimate of drug-likeness (QED) is 0.438. The third-order valence-electron chi connectivity index (χ3n) is 2.59. The zero-order chi connectivity index (χ0) is 11.8. The van der Waals surface area contributed by atoms with Gasteiger partial charge in [0.25, 0.3) is 0 Å². The number of amides is 1. The number of aliphatic imine (C=N–C) groups is 1. The number of hydrogen-bond donors (Lipinski definition) is 1. The second-order valence-corrected chi connectivity index (χ2v) is 3.81. The lowest BCUT2D eigenvalue weighted by Gasteiger charge is -2.28. The monoisotopic (exact) mass is 222 g/mol. The Bertz CT molecular complexity index is 300. The fourth-order valence-corrected chi connectivity index (χ4v) is 1.84. The average Bonchev–Trinajstić information content (AvgIpc) is 2.30. The Kier molecular flexibility index (Phi) is 5.34. The van der Waals surface area contributed by atoms with Gasteiger partial charge in [-0.1, -0.05) is 0 Å². The molecule has 0 bridgehead atoms. The highest BCUT2D eigenvalue weighted by molar-refractivity contribution is 6.00. The molecule has 0 saturated carbocycles. The third-order valence-corrected chi connectivity index (χ3v) is 2.59. The lowest BCUT2D eigenvalue weighted by molar-refractivity contribution is -0.119. The average molecular weight is 222 g/mol. The van der Waals surface area contributed by atoms with E-state index >= 15 is 0 Å². The molecular weight excluding hydrogens is 204 g/mol. The number of nitriles is 1. The molecule has 1 aliphatic heterocycles. The molecule has 88 valence electrons. The van der Waals surface area contributed by atoms with E-state index in [1.165, 1.54) is 6.42 Å². The van der Waals surface area contributed by atoms with Crippen LogP contribution in [-0.2, 0) is 4.79 Å². The summed E-state index contributed by atoms with van der Waals surface area (Å²) in [5.41, 5.74) is 0. The van der Waals surface area contributed by atoms with E-state index in [4.69, 9.17) is 5.26 Å². The van der Waals surface area contributed by atoms with Gasteiger partial charge in [0.2, 0.25) is 12.1 Å². The van der Waals surface area contributed by atoms with Crippen molar-refractivity contribution in [3.63, 3.8) is 0 Å². The summed E-state index contributed by atoms with van der Waals surface area (Å²) in [6, 6.07) is 0. The van der Waals surface area contributed by atoms with Crippen molar-refractivity contribution < 1.29 is 4.79 Å². The zero-order valence-corrected chi connectivity index (χ0v) is 9.70. The Hall–Kier alpha value is -1.57. The lowest BCUT2D eigenvalue weighted by atomic mass is 10.1. The van der Waals surface area contributed by atoms with Gasteiger partial charge in [-0.25, -0.2) is 0 Å². The van der Waals surface area contributed by atoms with Gasteiger partial charge < -0.3 is 10.2 Å².